The van der Waals surface area contributed by atoms with E-state index in [1.807, 2.05) is 214 Å². The van der Waals surface area contributed by atoms with E-state index < -0.39 is 24.4 Å². The Balaban J connectivity index is 0.000000248. The van der Waals surface area contributed by atoms with E-state index in [1.165, 1.54) is 51.4 Å². The van der Waals surface area contributed by atoms with Gasteiger partial charge in [-0.25, -0.2) is 0 Å². The van der Waals surface area contributed by atoms with E-state index in [9.17, 15) is 19.2 Å². The van der Waals surface area contributed by atoms with Gasteiger partial charge in [0.2, 0.25) is 0 Å². The molecular weight excluding hydrogens is 1780 g/mol. The van der Waals surface area contributed by atoms with Crippen LogP contribution in [0.2, 0.25) is 40.2 Å². The number of ether oxygens (including phenoxy) is 4. The molecule has 4 saturated carbocycles. The summed E-state index contributed by atoms with van der Waals surface area (Å²) >= 11 is 49.5. The minimum absolute atomic E-state index is 0. The number of amides is 4. The molecule has 28 heteroatoms. The third kappa shape index (κ3) is 30.7. The van der Waals surface area contributed by atoms with Gasteiger partial charge in [-0.3, -0.25) is 19.2 Å². The molecule has 127 heavy (non-hydrogen) atoms. The molecule has 0 spiro atoms. The summed E-state index contributed by atoms with van der Waals surface area (Å²) < 4.78 is 25.4. The molecule has 672 valence electrons. The first-order valence-electron chi connectivity index (χ1n) is 40.2. The highest BCUT2D eigenvalue weighted by Crippen LogP contribution is 2.51. The fourth-order valence-corrected chi connectivity index (χ4v) is 16.7. The van der Waals surface area contributed by atoms with Crippen LogP contribution >= 0.6 is 92.8 Å². The van der Waals surface area contributed by atoms with Gasteiger partial charge in [0.15, 0.2) is 0 Å². The molecule has 4 aliphatic heterocycles. The van der Waals surface area contributed by atoms with Crippen molar-refractivity contribution >= 4 is 141 Å². The van der Waals surface area contributed by atoms with Gasteiger partial charge < -0.3 is 38.5 Å². The first kappa shape index (κ1) is 106. The lowest BCUT2D eigenvalue weighted by Crippen LogP contribution is -2.51. The normalized spacial score (nSPS) is 22.3. The highest BCUT2D eigenvalue weighted by Gasteiger charge is 2.50. The number of morpholine rings is 4. The van der Waals surface area contributed by atoms with Gasteiger partial charge in [0, 0.05) is 92.0 Å². The molecule has 0 bridgehead atoms. The van der Waals surface area contributed by atoms with Gasteiger partial charge in [-0.1, -0.05) is 236 Å². The summed E-state index contributed by atoms with van der Waals surface area (Å²) in [7, 11) is 0. The van der Waals surface area contributed by atoms with Crippen molar-refractivity contribution in [3.63, 3.8) is 0 Å². The lowest BCUT2D eigenvalue weighted by molar-refractivity contribution is -0.193. The Bertz CT molecular complexity index is 4440. The van der Waals surface area contributed by atoms with Crippen molar-refractivity contribution < 1.29 is 76.5 Å². The van der Waals surface area contributed by atoms with E-state index in [1.54, 1.807) is 24.3 Å². The molecule has 8 aromatic carbocycles. The number of carbonyl (C=O) groups is 4. The van der Waals surface area contributed by atoms with Crippen molar-refractivity contribution in [2.24, 2.45) is 23.7 Å². The monoisotopic (exact) mass is 1880 g/mol. The first-order chi connectivity index (χ1) is 59.9. The number of benzene rings is 8. The highest BCUT2D eigenvalue weighted by atomic mass is 35.5. The van der Waals surface area contributed by atoms with Crippen molar-refractivity contribution in [3.05, 3.63) is 329 Å². The van der Waals surface area contributed by atoms with Crippen LogP contribution < -0.4 is 0 Å². The van der Waals surface area contributed by atoms with Crippen molar-refractivity contribution in [2.45, 2.75) is 172 Å². The topological polar surface area (TPSA) is 255 Å². The zero-order valence-electron chi connectivity index (χ0n) is 67.5. The predicted octanol–water partition coefficient (Wildman–Crippen LogP) is 23.5. The number of rotatable bonds is 24. The Hall–Kier alpha value is -9.72. The van der Waals surface area contributed by atoms with Crippen molar-refractivity contribution in [1.82, 2.24) is 19.6 Å². The molecule has 16 rings (SSSR count). The molecule has 8 aliphatic rings. The van der Waals surface area contributed by atoms with E-state index in [2.05, 4.69) is 26.3 Å². The molecule has 8 aromatic rings. The van der Waals surface area contributed by atoms with Gasteiger partial charge >= 0.3 is 24.6 Å². The van der Waals surface area contributed by atoms with Crippen LogP contribution in [-0.4, -0.2) is 118 Å². The Morgan fingerprint density at radius 2 is 0.433 bits per heavy atom. The van der Waals surface area contributed by atoms with Crippen LogP contribution in [0.25, 0.3) is 0 Å². The van der Waals surface area contributed by atoms with Crippen LogP contribution in [0.5, 0.6) is 0 Å². The van der Waals surface area contributed by atoms with Crippen LogP contribution in [0.3, 0.4) is 0 Å². The number of hydrogen-bond acceptors (Lipinski definition) is 16. The minimum atomic E-state index is -0.524. The maximum atomic E-state index is 13.3. The molecule has 4 amide bonds. The number of nitrogens with zero attached hydrogens (tertiary/aromatic N) is 4. The maximum absolute atomic E-state index is 13.3. The van der Waals surface area contributed by atoms with E-state index in [-0.39, 0.29) is 119 Å². The highest BCUT2D eigenvalue weighted by molar-refractivity contribution is 6.32. The Morgan fingerprint density at radius 1 is 0.268 bits per heavy atom. The predicted molar refractivity (Wildman–Crippen MR) is 490 cm³/mol. The first-order valence-corrected chi connectivity index (χ1v) is 43.2. The zero-order valence-corrected chi connectivity index (χ0v) is 73.6. The standard InChI is InChI=1S/4C23H23Cl2NO2.4CO2.3CH4/c4*1-2-4-20-23(27)26(14-15-7-8-15)21(16-9-11-18(24)12-10-16)22(28-20)17-5-3-6-19(25)13-17;4*2-1-3;;;/h4*2-3,5-6,9-13,15,20-22H,1,4,7-8,14H2;;;;;3*1H4/t4*20-,21+,22-;;;;;;;/m1100......./s1. The SMILES string of the molecule is C.C.C.C=CC[C@@H]1O[C@@H](c2cccc(Cl)c2)[C@@H](c2ccc(Cl)cc2)N(CC2CC2)C1=O.C=CC[C@@H]1O[C@@H](c2cccc(Cl)c2)[C@@H](c2ccc(Cl)cc2)N(CC2CC2)C1=O.C=CC[C@H]1O[C@H](c2cccc(Cl)c2)[C@H](c2ccc(Cl)cc2)N(CC2CC2)C1=O.C=CC[C@H]1O[C@H](c2cccc(Cl)c2)[C@H](c2ccc(Cl)cc2)N(CC2CC2)C1=O.O=C=O.O=C=O.O=C=O.O=C=O. The summed E-state index contributed by atoms with van der Waals surface area (Å²) in [6, 6.07) is 60.7. The third-order valence-corrected chi connectivity index (χ3v) is 23.6. The van der Waals surface area contributed by atoms with Gasteiger partial charge in [0.05, 0.1) is 24.2 Å². The Morgan fingerprint density at radius 3 is 0.575 bits per heavy atom. The van der Waals surface area contributed by atoms with E-state index in [4.69, 9.17) is 150 Å². The molecule has 4 aliphatic carbocycles. The van der Waals surface area contributed by atoms with Gasteiger partial charge in [0.25, 0.3) is 23.6 Å². The van der Waals surface area contributed by atoms with Crippen LogP contribution in [0, 0.1) is 23.7 Å². The lowest BCUT2D eigenvalue weighted by Gasteiger charge is -2.45. The van der Waals surface area contributed by atoms with E-state index in [0.29, 0.717) is 89.5 Å². The molecule has 20 nitrogen and oxygen atoms in total. The average molecular weight is 1890 g/mol. The number of halogens is 8. The Kier molecular flexibility index (Phi) is 44.5. The zero-order chi connectivity index (χ0) is 89.5. The molecular formula is C99H104Cl8N4O16. The number of hydrogen-bond donors (Lipinski definition) is 0. The summed E-state index contributed by atoms with van der Waals surface area (Å²) in [5.74, 6) is 2.41. The molecule has 4 saturated heterocycles. The third-order valence-electron chi connectivity index (χ3n) is 21.7. The van der Waals surface area contributed by atoms with Gasteiger partial charge in [0.1, 0.15) is 48.8 Å². The largest absolute Gasteiger partial charge is 0.373 e. The van der Waals surface area contributed by atoms with E-state index >= 15 is 0 Å². The quantitative estimate of drug-likeness (QED) is 0.0510. The fourth-order valence-electron chi connectivity index (χ4n) is 15.4. The van der Waals surface area contributed by atoms with Crippen molar-refractivity contribution in [2.75, 3.05) is 26.2 Å². The minimum Gasteiger partial charge on any atom is -0.358 e. The second kappa shape index (κ2) is 53.3. The van der Waals surface area contributed by atoms with Crippen LogP contribution in [-0.2, 0) is 76.5 Å². The molecule has 8 fully saturated rings. The van der Waals surface area contributed by atoms with Gasteiger partial charge in [-0.15, -0.1) is 26.3 Å². The molecule has 12 atom stereocenters. The van der Waals surface area contributed by atoms with Crippen molar-refractivity contribution in [1.29, 1.82) is 0 Å². The van der Waals surface area contributed by atoms with Crippen LogP contribution in [0.15, 0.2) is 245 Å². The molecule has 0 radical (unpaired) electrons. The average Bonchev–Trinajstić information content (AvgIpc) is 1.12. The van der Waals surface area contributed by atoms with Crippen molar-refractivity contribution in [3.8, 4) is 0 Å². The summed E-state index contributed by atoms with van der Waals surface area (Å²) in [5.41, 5.74) is 7.93. The molecule has 0 unspecified atom stereocenters. The second-order valence-electron chi connectivity index (χ2n) is 30.6. The van der Waals surface area contributed by atoms with Gasteiger partial charge in [-0.05, 0) is 217 Å². The number of carbonyl (C=O) groups excluding carboxylic acids is 12. The summed E-state index contributed by atoms with van der Waals surface area (Å²) in [6.07, 6.45) is 16.0. The molecule has 0 aromatic heterocycles. The lowest BCUT2D eigenvalue weighted by atomic mass is 9.91. The smallest absolute Gasteiger partial charge is 0.358 e. The summed E-state index contributed by atoms with van der Waals surface area (Å²) in [6.45, 7) is 18.2. The maximum Gasteiger partial charge on any atom is 0.373 e. The van der Waals surface area contributed by atoms with Crippen LogP contribution in [0.4, 0.5) is 0 Å². The second-order valence-corrected chi connectivity index (χ2v) is 34.0. The summed E-state index contributed by atoms with van der Waals surface area (Å²) in [5, 5.41) is 5.30. The molecule has 4 heterocycles. The van der Waals surface area contributed by atoms with E-state index in [0.717, 1.165) is 70.7 Å². The van der Waals surface area contributed by atoms with Crippen LogP contribution in [0.1, 0.15) is 192 Å². The molecule has 0 N–H and O–H groups in total. The van der Waals surface area contributed by atoms with Gasteiger partial charge in [-0.2, -0.15) is 38.4 Å². The summed E-state index contributed by atoms with van der Waals surface area (Å²) in [4.78, 5) is 126. The Labute approximate surface area is 783 Å². The fraction of sp³-hybridized carbons (Fsp3) is 0.354.